The lowest BCUT2D eigenvalue weighted by Crippen LogP contribution is -1.99. The van der Waals surface area contributed by atoms with Crippen molar-refractivity contribution in [2.75, 3.05) is 0 Å². The molecule has 2 aromatic rings. The molecule has 0 fully saturated rings. The van der Waals surface area contributed by atoms with Gasteiger partial charge in [-0.2, -0.15) is 0 Å². The molecule has 3 heteroatoms. The first-order valence-corrected chi connectivity index (χ1v) is 7.81. The Bertz CT molecular complexity index is 476. The topological polar surface area (TPSA) is 30.7 Å². The molecule has 3 nitrogen and oxygen atoms in total. The second-order valence-electron chi connectivity index (χ2n) is 5.41. The van der Waals surface area contributed by atoms with Crippen molar-refractivity contribution >= 4 is 0 Å². The third-order valence-electron chi connectivity index (χ3n) is 3.56. The fourth-order valence-corrected chi connectivity index (χ4v) is 2.39. The van der Waals surface area contributed by atoms with Crippen molar-refractivity contribution in [3.05, 3.63) is 47.8 Å². The van der Waals surface area contributed by atoms with Gasteiger partial charge in [0.15, 0.2) is 0 Å². The van der Waals surface area contributed by atoms with E-state index in [9.17, 15) is 0 Å². The molecule has 0 aliphatic heterocycles. The van der Waals surface area contributed by atoms with Gasteiger partial charge in [0.2, 0.25) is 0 Å². The van der Waals surface area contributed by atoms with Gasteiger partial charge in [-0.3, -0.25) is 0 Å². The predicted octanol–water partition coefficient (Wildman–Crippen LogP) is 4.23. The molecule has 0 radical (unpaired) electrons. The third kappa shape index (κ3) is 5.16. The molecule has 0 N–H and O–H groups in total. The van der Waals surface area contributed by atoms with Crippen LogP contribution in [0.1, 0.15) is 56.7 Å². The van der Waals surface area contributed by atoms with Gasteiger partial charge in [0, 0.05) is 6.20 Å². The largest absolute Gasteiger partial charge is 0.248 e. The molecular weight excluding hydrogens is 246 g/mol. The fraction of sp³-hybridized carbons (Fsp3) is 0.529. The Labute approximate surface area is 122 Å². The van der Waals surface area contributed by atoms with E-state index in [1.165, 1.54) is 44.1 Å². The maximum Gasteiger partial charge on any atom is 0.0827 e. The van der Waals surface area contributed by atoms with E-state index < -0.39 is 0 Å². The molecule has 0 atom stereocenters. The molecule has 1 heterocycles. The van der Waals surface area contributed by atoms with Gasteiger partial charge in [-0.1, -0.05) is 74.6 Å². The lowest BCUT2D eigenvalue weighted by Gasteiger charge is -2.00. The molecule has 0 bridgehead atoms. The summed E-state index contributed by atoms with van der Waals surface area (Å²) < 4.78 is 1.93. The van der Waals surface area contributed by atoms with Crippen molar-refractivity contribution in [3.8, 4) is 0 Å². The van der Waals surface area contributed by atoms with Crippen LogP contribution in [0.4, 0.5) is 0 Å². The van der Waals surface area contributed by atoms with Crippen LogP contribution in [0, 0.1) is 0 Å². The first-order valence-electron chi connectivity index (χ1n) is 7.81. The molecule has 0 spiro atoms. The summed E-state index contributed by atoms with van der Waals surface area (Å²) >= 11 is 0. The number of hydrogen-bond donors (Lipinski definition) is 0. The minimum Gasteiger partial charge on any atom is -0.248 e. The summed E-state index contributed by atoms with van der Waals surface area (Å²) in [6.07, 6.45) is 11.1. The molecule has 0 aliphatic carbocycles. The normalized spacial score (nSPS) is 10.8. The first kappa shape index (κ1) is 14.8. The molecule has 0 unspecified atom stereocenters. The minimum atomic E-state index is 0.810. The van der Waals surface area contributed by atoms with Crippen LogP contribution >= 0.6 is 0 Å². The zero-order valence-electron chi connectivity index (χ0n) is 12.5. The molecular formula is C17H25N3. The molecule has 0 saturated heterocycles. The van der Waals surface area contributed by atoms with Crippen molar-refractivity contribution in [1.82, 2.24) is 15.0 Å². The molecule has 108 valence electrons. The van der Waals surface area contributed by atoms with Gasteiger partial charge in [0.1, 0.15) is 0 Å². The SMILES string of the molecule is CCCCCCCCc1cn(Cc2ccccc2)nn1. The molecule has 0 saturated carbocycles. The van der Waals surface area contributed by atoms with Gasteiger partial charge in [-0.25, -0.2) is 4.68 Å². The summed E-state index contributed by atoms with van der Waals surface area (Å²) in [7, 11) is 0. The summed E-state index contributed by atoms with van der Waals surface area (Å²) in [5, 5.41) is 8.47. The van der Waals surface area contributed by atoms with E-state index in [0.717, 1.165) is 18.7 Å². The summed E-state index contributed by atoms with van der Waals surface area (Å²) in [6.45, 7) is 3.06. The van der Waals surface area contributed by atoms with Crippen molar-refractivity contribution in [1.29, 1.82) is 0 Å². The number of nitrogens with zero attached hydrogens (tertiary/aromatic N) is 3. The Morgan fingerprint density at radius 1 is 0.950 bits per heavy atom. The van der Waals surface area contributed by atoms with Gasteiger partial charge >= 0.3 is 0 Å². The van der Waals surface area contributed by atoms with Gasteiger partial charge in [-0.15, -0.1) is 5.10 Å². The van der Waals surface area contributed by atoms with Crippen LogP contribution in [0.25, 0.3) is 0 Å². The van der Waals surface area contributed by atoms with Crippen LogP contribution in [0.2, 0.25) is 0 Å². The number of rotatable bonds is 9. The fourth-order valence-electron chi connectivity index (χ4n) is 2.39. The van der Waals surface area contributed by atoms with E-state index >= 15 is 0 Å². The Kier molecular flexibility index (Phi) is 6.28. The van der Waals surface area contributed by atoms with E-state index in [2.05, 4.69) is 47.7 Å². The number of hydrogen-bond acceptors (Lipinski definition) is 2. The average molecular weight is 271 g/mol. The molecule has 1 aromatic carbocycles. The highest BCUT2D eigenvalue weighted by Gasteiger charge is 2.01. The molecule has 1 aromatic heterocycles. The summed E-state index contributed by atoms with van der Waals surface area (Å²) in [5.41, 5.74) is 2.39. The van der Waals surface area contributed by atoms with Crippen LogP contribution in [-0.2, 0) is 13.0 Å². The van der Waals surface area contributed by atoms with Crippen LogP contribution in [0.15, 0.2) is 36.5 Å². The number of aryl methyl sites for hydroxylation is 1. The smallest absolute Gasteiger partial charge is 0.0827 e. The minimum absolute atomic E-state index is 0.810. The summed E-state index contributed by atoms with van der Waals surface area (Å²) in [6, 6.07) is 10.4. The quantitative estimate of drug-likeness (QED) is 0.639. The number of aromatic nitrogens is 3. The van der Waals surface area contributed by atoms with Gasteiger partial charge in [0.05, 0.1) is 12.2 Å². The van der Waals surface area contributed by atoms with E-state index in [1.54, 1.807) is 0 Å². The molecule has 0 amide bonds. The summed E-state index contributed by atoms with van der Waals surface area (Å²) in [5.74, 6) is 0. The van der Waals surface area contributed by atoms with Crippen molar-refractivity contribution in [2.24, 2.45) is 0 Å². The second kappa shape index (κ2) is 8.51. The van der Waals surface area contributed by atoms with Crippen LogP contribution < -0.4 is 0 Å². The Morgan fingerprint density at radius 3 is 2.50 bits per heavy atom. The zero-order chi connectivity index (χ0) is 14.0. The lowest BCUT2D eigenvalue weighted by atomic mass is 10.1. The van der Waals surface area contributed by atoms with E-state index in [1.807, 2.05) is 10.7 Å². The van der Waals surface area contributed by atoms with Crippen molar-refractivity contribution < 1.29 is 0 Å². The monoisotopic (exact) mass is 271 g/mol. The van der Waals surface area contributed by atoms with Crippen LogP contribution in [0.3, 0.4) is 0 Å². The van der Waals surface area contributed by atoms with Gasteiger partial charge in [0.25, 0.3) is 0 Å². The van der Waals surface area contributed by atoms with Crippen molar-refractivity contribution in [2.45, 2.75) is 58.4 Å². The van der Waals surface area contributed by atoms with Crippen LogP contribution in [0.5, 0.6) is 0 Å². The summed E-state index contributed by atoms with van der Waals surface area (Å²) in [4.78, 5) is 0. The maximum absolute atomic E-state index is 4.26. The zero-order valence-corrected chi connectivity index (χ0v) is 12.5. The highest BCUT2D eigenvalue weighted by Crippen LogP contribution is 2.08. The number of benzene rings is 1. The first-order chi connectivity index (χ1) is 9.88. The third-order valence-corrected chi connectivity index (χ3v) is 3.56. The second-order valence-corrected chi connectivity index (χ2v) is 5.41. The Balaban J connectivity index is 1.70. The molecule has 20 heavy (non-hydrogen) atoms. The Morgan fingerprint density at radius 2 is 1.70 bits per heavy atom. The molecule has 2 rings (SSSR count). The standard InChI is InChI=1S/C17H25N3/c1-2-3-4-5-6-10-13-17-15-20(19-18-17)14-16-11-8-7-9-12-16/h7-9,11-12,15H,2-6,10,13-14H2,1H3. The highest BCUT2D eigenvalue weighted by atomic mass is 15.4. The average Bonchev–Trinajstić information content (AvgIpc) is 2.91. The highest BCUT2D eigenvalue weighted by molar-refractivity contribution is 5.14. The van der Waals surface area contributed by atoms with Gasteiger partial charge < -0.3 is 0 Å². The van der Waals surface area contributed by atoms with Crippen molar-refractivity contribution in [3.63, 3.8) is 0 Å². The van der Waals surface area contributed by atoms with Crippen LogP contribution in [-0.4, -0.2) is 15.0 Å². The van der Waals surface area contributed by atoms with Gasteiger partial charge in [-0.05, 0) is 18.4 Å². The lowest BCUT2D eigenvalue weighted by molar-refractivity contribution is 0.604. The van der Waals surface area contributed by atoms with E-state index in [-0.39, 0.29) is 0 Å². The Hall–Kier alpha value is -1.64. The van der Waals surface area contributed by atoms with E-state index in [4.69, 9.17) is 0 Å². The number of unbranched alkanes of at least 4 members (excludes halogenated alkanes) is 5. The van der Waals surface area contributed by atoms with E-state index in [0.29, 0.717) is 0 Å². The maximum atomic E-state index is 4.26. The molecule has 0 aliphatic rings. The predicted molar refractivity (Wildman–Crippen MR) is 82.6 cm³/mol.